The van der Waals surface area contributed by atoms with Gasteiger partial charge in [0.15, 0.2) is 12.1 Å². The minimum atomic E-state index is -0.385. The molecule has 3 heteroatoms. The fourth-order valence-corrected chi connectivity index (χ4v) is 0.702. The van der Waals surface area contributed by atoms with Crippen LogP contribution in [-0.4, -0.2) is 25.3 Å². The maximum Gasteiger partial charge on any atom is 0.177 e. The summed E-state index contributed by atoms with van der Waals surface area (Å²) in [6, 6.07) is 0. The predicted molar refractivity (Wildman–Crippen MR) is 46.9 cm³/mol. The van der Waals surface area contributed by atoms with E-state index in [0.29, 0.717) is 13.2 Å². The van der Waals surface area contributed by atoms with Crippen molar-refractivity contribution in [3.05, 3.63) is 12.2 Å². The quantitative estimate of drug-likeness (QED) is 0.450. The third-order valence-electron chi connectivity index (χ3n) is 1.15. The highest BCUT2D eigenvalue weighted by atomic mass is 16.7. The van der Waals surface area contributed by atoms with Crippen LogP contribution >= 0.6 is 0 Å². The van der Waals surface area contributed by atoms with E-state index in [1.54, 1.807) is 6.08 Å². The second-order valence-electron chi connectivity index (χ2n) is 2.25. The Labute approximate surface area is 73.4 Å². The van der Waals surface area contributed by atoms with Gasteiger partial charge in [0.1, 0.15) is 0 Å². The molecule has 0 N–H and O–H groups in total. The molecule has 70 valence electrons. The fraction of sp³-hybridized carbons (Fsp3) is 0.667. The van der Waals surface area contributed by atoms with E-state index in [2.05, 4.69) is 0 Å². The van der Waals surface area contributed by atoms with Gasteiger partial charge in [-0.3, -0.25) is 4.79 Å². The van der Waals surface area contributed by atoms with Crippen molar-refractivity contribution >= 4 is 5.78 Å². The van der Waals surface area contributed by atoms with Crippen molar-refractivity contribution in [3.8, 4) is 0 Å². The lowest BCUT2D eigenvalue weighted by molar-refractivity contribution is -0.114. The highest BCUT2D eigenvalue weighted by Crippen LogP contribution is 1.96. The number of hydrogen-bond acceptors (Lipinski definition) is 3. The summed E-state index contributed by atoms with van der Waals surface area (Å²) in [5.41, 5.74) is 0. The molecule has 0 spiro atoms. The van der Waals surface area contributed by atoms with Crippen LogP contribution in [0, 0.1) is 0 Å². The van der Waals surface area contributed by atoms with Gasteiger partial charge in [-0.05, 0) is 32.9 Å². The van der Waals surface area contributed by atoms with Crippen LogP contribution in [0.15, 0.2) is 12.2 Å². The summed E-state index contributed by atoms with van der Waals surface area (Å²) in [5.74, 6) is -0.000550. The van der Waals surface area contributed by atoms with Crippen molar-refractivity contribution in [2.24, 2.45) is 0 Å². The number of carbonyl (C=O) groups is 1. The molecule has 0 saturated carbocycles. The van der Waals surface area contributed by atoms with Gasteiger partial charge in [0.2, 0.25) is 0 Å². The second kappa shape index (κ2) is 7.00. The van der Waals surface area contributed by atoms with Crippen LogP contribution in [0.1, 0.15) is 20.8 Å². The summed E-state index contributed by atoms with van der Waals surface area (Å²) in [4.78, 5) is 10.6. The zero-order chi connectivity index (χ0) is 9.40. The van der Waals surface area contributed by atoms with Crippen LogP contribution in [0.3, 0.4) is 0 Å². The minimum Gasteiger partial charge on any atom is -0.349 e. The number of rotatable bonds is 6. The number of allylic oxidation sites excluding steroid dienone is 1. The van der Waals surface area contributed by atoms with Crippen molar-refractivity contribution in [1.82, 2.24) is 0 Å². The molecule has 0 aromatic carbocycles. The van der Waals surface area contributed by atoms with Crippen molar-refractivity contribution in [2.75, 3.05) is 13.2 Å². The first-order valence-electron chi connectivity index (χ1n) is 4.12. The first-order chi connectivity index (χ1) is 5.70. The molecule has 0 aromatic heterocycles. The molecule has 0 unspecified atom stereocenters. The van der Waals surface area contributed by atoms with Crippen LogP contribution in [-0.2, 0) is 14.3 Å². The molecule has 0 aliphatic heterocycles. The zero-order valence-corrected chi connectivity index (χ0v) is 7.87. The number of ether oxygens (including phenoxy) is 2. The van der Waals surface area contributed by atoms with Gasteiger partial charge in [-0.2, -0.15) is 0 Å². The molecule has 0 aromatic rings. The van der Waals surface area contributed by atoms with Gasteiger partial charge in [-0.15, -0.1) is 0 Å². The van der Waals surface area contributed by atoms with E-state index in [4.69, 9.17) is 9.47 Å². The van der Waals surface area contributed by atoms with Gasteiger partial charge < -0.3 is 9.47 Å². The molecular weight excluding hydrogens is 156 g/mol. The second-order valence-corrected chi connectivity index (χ2v) is 2.25. The Morgan fingerprint density at radius 1 is 1.33 bits per heavy atom. The third kappa shape index (κ3) is 6.07. The molecule has 0 rings (SSSR count). The van der Waals surface area contributed by atoms with Gasteiger partial charge in [0.05, 0.1) is 0 Å². The Balaban J connectivity index is 3.84. The average Bonchev–Trinajstić information content (AvgIpc) is 2.01. The monoisotopic (exact) mass is 172 g/mol. The molecule has 0 bridgehead atoms. The lowest BCUT2D eigenvalue weighted by Crippen LogP contribution is -2.14. The molecule has 0 aliphatic rings. The van der Waals surface area contributed by atoms with Gasteiger partial charge >= 0.3 is 0 Å². The van der Waals surface area contributed by atoms with E-state index in [0.717, 1.165) is 0 Å². The normalized spacial score (nSPS) is 11.3. The smallest absolute Gasteiger partial charge is 0.177 e. The van der Waals surface area contributed by atoms with Gasteiger partial charge in [-0.25, -0.2) is 0 Å². The summed E-state index contributed by atoms with van der Waals surface area (Å²) in [5, 5.41) is 0. The van der Waals surface area contributed by atoms with Crippen molar-refractivity contribution in [3.63, 3.8) is 0 Å². The fourth-order valence-electron chi connectivity index (χ4n) is 0.702. The Morgan fingerprint density at radius 2 is 1.83 bits per heavy atom. The van der Waals surface area contributed by atoms with Crippen LogP contribution in [0.25, 0.3) is 0 Å². The summed E-state index contributed by atoms with van der Waals surface area (Å²) < 4.78 is 10.3. The summed E-state index contributed by atoms with van der Waals surface area (Å²) in [7, 11) is 0. The van der Waals surface area contributed by atoms with E-state index in [1.807, 2.05) is 13.8 Å². The molecule has 0 fully saturated rings. The van der Waals surface area contributed by atoms with Crippen LogP contribution in [0.4, 0.5) is 0 Å². The first kappa shape index (κ1) is 11.3. The number of ketones is 1. The molecule has 12 heavy (non-hydrogen) atoms. The summed E-state index contributed by atoms with van der Waals surface area (Å²) >= 11 is 0. The van der Waals surface area contributed by atoms with Gasteiger partial charge in [0.25, 0.3) is 0 Å². The Bertz CT molecular complexity index is 146. The molecule has 0 amide bonds. The first-order valence-corrected chi connectivity index (χ1v) is 4.12. The SMILES string of the molecule is CCOC(/C=C/C(C)=O)OCC. The van der Waals surface area contributed by atoms with E-state index < -0.39 is 0 Å². The minimum absolute atomic E-state index is 0.000550. The summed E-state index contributed by atoms with van der Waals surface area (Å²) in [6.45, 7) is 6.41. The van der Waals surface area contributed by atoms with E-state index in [-0.39, 0.29) is 12.1 Å². The Hall–Kier alpha value is -0.670. The van der Waals surface area contributed by atoms with E-state index >= 15 is 0 Å². The number of hydrogen-bond donors (Lipinski definition) is 0. The van der Waals surface area contributed by atoms with Gasteiger partial charge in [-0.1, -0.05) is 0 Å². The molecule has 0 aliphatic carbocycles. The molecule has 3 nitrogen and oxygen atoms in total. The van der Waals surface area contributed by atoms with Crippen molar-refractivity contribution in [1.29, 1.82) is 0 Å². The maximum absolute atomic E-state index is 10.6. The van der Waals surface area contributed by atoms with Gasteiger partial charge in [0, 0.05) is 13.2 Å². The Morgan fingerprint density at radius 3 is 2.17 bits per heavy atom. The van der Waals surface area contributed by atoms with Crippen molar-refractivity contribution in [2.45, 2.75) is 27.1 Å². The largest absolute Gasteiger partial charge is 0.349 e. The summed E-state index contributed by atoms with van der Waals surface area (Å²) in [6.07, 6.45) is 2.69. The molecular formula is C9H16O3. The van der Waals surface area contributed by atoms with Crippen LogP contribution in [0.2, 0.25) is 0 Å². The number of carbonyl (C=O) groups excluding carboxylic acids is 1. The zero-order valence-electron chi connectivity index (χ0n) is 7.87. The van der Waals surface area contributed by atoms with Crippen LogP contribution < -0.4 is 0 Å². The topological polar surface area (TPSA) is 35.5 Å². The molecule has 0 saturated heterocycles. The lowest BCUT2D eigenvalue weighted by Gasteiger charge is -2.11. The van der Waals surface area contributed by atoms with E-state index in [1.165, 1.54) is 13.0 Å². The molecule has 0 radical (unpaired) electrons. The highest BCUT2D eigenvalue weighted by molar-refractivity contribution is 5.87. The highest BCUT2D eigenvalue weighted by Gasteiger charge is 2.01. The maximum atomic E-state index is 10.6. The Kier molecular flexibility index (Phi) is 6.61. The molecule has 0 heterocycles. The van der Waals surface area contributed by atoms with Crippen molar-refractivity contribution < 1.29 is 14.3 Å². The lowest BCUT2D eigenvalue weighted by atomic mass is 10.4. The average molecular weight is 172 g/mol. The standard InChI is InChI=1S/C9H16O3/c1-4-11-9(12-5-2)7-6-8(3)10/h6-7,9H,4-5H2,1-3H3/b7-6+. The predicted octanol–water partition coefficient (Wildman–Crippen LogP) is 1.53. The molecule has 0 atom stereocenters. The van der Waals surface area contributed by atoms with E-state index in [9.17, 15) is 4.79 Å². The van der Waals surface area contributed by atoms with Crippen LogP contribution in [0.5, 0.6) is 0 Å². The third-order valence-corrected chi connectivity index (χ3v) is 1.15.